The summed E-state index contributed by atoms with van der Waals surface area (Å²) in [4.78, 5) is 0. The van der Waals surface area contributed by atoms with Gasteiger partial charge in [-0.2, -0.15) is 0 Å². The van der Waals surface area contributed by atoms with Crippen LogP contribution in [0.2, 0.25) is 0 Å². The average Bonchev–Trinajstić information content (AvgIpc) is 2.46. The van der Waals surface area contributed by atoms with Crippen molar-refractivity contribution < 1.29 is 5.11 Å². The monoisotopic (exact) mass is 279 g/mol. The van der Waals surface area contributed by atoms with E-state index >= 15 is 0 Å². The summed E-state index contributed by atoms with van der Waals surface area (Å²) in [5.74, 6) is 1.20. The Morgan fingerprint density at radius 1 is 1.20 bits per heavy atom. The first-order valence-electron chi connectivity index (χ1n) is 8.42. The molecule has 0 saturated heterocycles. The zero-order valence-corrected chi connectivity index (χ0v) is 13.6. The highest BCUT2D eigenvalue weighted by atomic mass is 16.3. The first kappa shape index (κ1) is 16.0. The molecular weight excluding hydrogens is 246 g/mol. The van der Waals surface area contributed by atoms with E-state index in [0.717, 1.165) is 38.0 Å². The van der Waals surface area contributed by atoms with E-state index in [2.05, 4.69) is 32.9 Å². The number of nitrogens with two attached hydrogens (primary N) is 1. The minimum Gasteiger partial charge on any atom is -0.392 e. The Morgan fingerprint density at radius 2 is 1.85 bits per heavy atom. The van der Waals surface area contributed by atoms with Crippen LogP contribution in [-0.2, 0) is 0 Å². The molecule has 0 aliphatic heterocycles. The van der Waals surface area contributed by atoms with Crippen molar-refractivity contribution in [3.63, 3.8) is 0 Å². The van der Waals surface area contributed by atoms with Crippen LogP contribution in [0.15, 0.2) is 12.2 Å². The molecule has 2 heteroatoms. The van der Waals surface area contributed by atoms with Gasteiger partial charge in [0.15, 0.2) is 0 Å². The zero-order valence-electron chi connectivity index (χ0n) is 13.6. The van der Waals surface area contributed by atoms with E-state index in [1.165, 1.54) is 12.8 Å². The maximum absolute atomic E-state index is 10.9. The van der Waals surface area contributed by atoms with Crippen molar-refractivity contribution in [2.45, 2.75) is 71.8 Å². The summed E-state index contributed by atoms with van der Waals surface area (Å²) in [6.07, 6.45) is 12.2. The second-order valence-corrected chi connectivity index (χ2v) is 8.20. The van der Waals surface area contributed by atoms with Crippen LogP contribution in [0.5, 0.6) is 0 Å². The Morgan fingerprint density at radius 3 is 2.30 bits per heavy atom. The summed E-state index contributed by atoms with van der Waals surface area (Å²) in [7, 11) is 0. The van der Waals surface area contributed by atoms with Gasteiger partial charge in [0.2, 0.25) is 0 Å². The molecule has 0 heterocycles. The summed E-state index contributed by atoms with van der Waals surface area (Å²) < 4.78 is 0. The molecule has 20 heavy (non-hydrogen) atoms. The van der Waals surface area contributed by atoms with Crippen LogP contribution in [0.25, 0.3) is 0 Å². The van der Waals surface area contributed by atoms with Gasteiger partial charge < -0.3 is 10.8 Å². The van der Waals surface area contributed by atoms with Crippen molar-refractivity contribution in [3.05, 3.63) is 12.2 Å². The number of aliphatic hydroxyl groups is 1. The zero-order chi connectivity index (χ0) is 14.8. The molecule has 0 spiro atoms. The fraction of sp³-hybridized carbons (Fsp3) is 0.889. The fourth-order valence-corrected chi connectivity index (χ4v) is 4.28. The minimum absolute atomic E-state index is 0.0163. The van der Waals surface area contributed by atoms with E-state index in [1.807, 2.05) is 0 Å². The van der Waals surface area contributed by atoms with Crippen molar-refractivity contribution in [1.82, 2.24) is 0 Å². The largest absolute Gasteiger partial charge is 0.392 e. The number of aliphatic hydroxyl groups excluding tert-OH is 1. The van der Waals surface area contributed by atoms with E-state index in [1.54, 1.807) is 0 Å². The van der Waals surface area contributed by atoms with Crippen LogP contribution in [-0.4, -0.2) is 17.8 Å². The molecule has 0 aromatic rings. The predicted octanol–water partition coefficient (Wildman–Crippen LogP) is 3.89. The van der Waals surface area contributed by atoms with Crippen molar-refractivity contribution in [2.24, 2.45) is 28.4 Å². The van der Waals surface area contributed by atoms with Gasteiger partial charge in [-0.3, -0.25) is 0 Å². The van der Waals surface area contributed by atoms with Crippen molar-refractivity contribution in [2.75, 3.05) is 6.54 Å². The highest BCUT2D eigenvalue weighted by Gasteiger charge is 2.44. The van der Waals surface area contributed by atoms with Crippen LogP contribution in [0.1, 0.15) is 65.7 Å². The molecule has 2 atom stereocenters. The lowest BCUT2D eigenvalue weighted by Crippen LogP contribution is -2.49. The van der Waals surface area contributed by atoms with Crippen LogP contribution in [0.3, 0.4) is 0 Å². The highest BCUT2D eigenvalue weighted by molar-refractivity contribution is 5.00. The third kappa shape index (κ3) is 3.28. The Bertz CT molecular complexity index is 334. The van der Waals surface area contributed by atoms with E-state index < -0.39 is 0 Å². The van der Waals surface area contributed by atoms with E-state index in [9.17, 15) is 5.11 Å². The lowest BCUT2D eigenvalue weighted by Gasteiger charge is -2.48. The summed E-state index contributed by atoms with van der Waals surface area (Å²) in [5.41, 5.74) is 6.49. The maximum atomic E-state index is 10.9. The molecule has 2 unspecified atom stereocenters. The summed E-state index contributed by atoms with van der Waals surface area (Å²) in [6.45, 7) is 7.67. The third-order valence-corrected chi connectivity index (χ3v) is 6.00. The normalized spacial score (nSPS) is 36.9. The molecule has 1 saturated carbocycles. The van der Waals surface area contributed by atoms with Gasteiger partial charge in [0.25, 0.3) is 0 Å². The summed E-state index contributed by atoms with van der Waals surface area (Å²) >= 11 is 0. The molecule has 116 valence electrons. The van der Waals surface area contributed by atoms with Crippen molar-refractivity contribution in [1.29, 1.82) is 0 Å². The summed E-state index contributed by atoms with van der Waals surface area (Å²) in [5, 5.41) is 10.9. The molecule has 2 aliphatic rings. The Balaban J connectivity index is 2.02. The second kappa shape index (κ2) is 6.19. The Hall–Kier alpha value is -0.340. The minimum atomic E-state index is -0.210. The van der Waals surface area contributed by atoms with Gasteiger partial charge in [0, 0.05) is 12.0 Å². The number of allylic oxidation sites excluding steroid dienone is 2. The molecule has 0 amide bonds. The van der Waals surface area contributed by atoms with Crippen LogP contribution >= 0.6 is 0 Å². The summed E-state index contributed by atoms with van der Waals surface area (Å²) in [6, 6.07) is 0. The predicted molar refractivity (Wildman–Crippen MR) is 85.4 cm³/mol. The van der Waals surface area contributed by atoms with Gasteiger partial charge in [0.1, 0.15) is 0 Å². The molecule has 2 nitrogen and oxygen atoms in total. The quantitative estimate of drug-likeness (QED) is 0.770. The lowest BCUT2D eigenvalue weighted by atomic mass is 9.60. The Labute approximate surface area is 124 Å². The van der Waals surface area contributed by atoms with Gasteiger partial charge in [-0.25, -0.2) is 0 Å². The molecule has 0 aromatic carbocycles. The van der Waals surface area contributed by atoms with Gasteiger partial charge in [-0.15, -0.1) is 0 Å². The van der Waals surface area contributed by atoms with Crippen LogP contribution in [0, 0.1) is 22.7 Å². The van der Waals surface area contributed by atoms with Crippen LogP contribution in [0.4, 0.5) is 0 Å². The second-order valence-electron chi connectivity index (χ2n) is 8.20. The van der Waals surface area contributed by atoms with Gasteiger partial charge in [-0.1, -0.05) is 32.9 Å². The molecule has 0 aromatic heterocycles. The standard InChI is InChI=1S/C18H33NO/c1-17(2,3)15-9-11-18(13-19,12-10-15)16(20)14-7-5-4-6-8-14/h4-5,14-16,20H,6-13,19H2,1-3H3. The fourth-order valence-electron chi connectivity index (χ4n) is 4.28. The van der Waals surface area contributed by atoms with Crippen molar-refractivity contribution >= 4 is 0 Å². The van der Waals surface area contributed by atoms with Crippen molar-refractivity contribution in [3.8, 4) is 0 Å². The molecular formula is C18H33NO. The molecule has 2 aliphatic carbocycles. The highest BCUT2D eigenvalue weighted by Crippen LogP contribution is 2.48. The molecule has 1 fully saturated rings. The molecule has 2 rings (SSSR count). The van der Waals surface area contributed by atoms with Crippen LogP contribution < -0.4 is 5.73 Å². The Kier molecular flexibility index (Phi) is 4.96. The number of rotatable bonds is 3. The smallest absolute Gasteiger partial charge is 0.0639 e. The lowest BCUT2D eigenvalue weighted by molar-refractivity contribution is -0.0555. The first-order chi connectivity index (χ1) is 9.39. The number of hydrogen-bond acceptors (Lipinski definition) is 2. The topological polar surface area (TPSA) is 46.2 Å². The maximum Gasteiger partial charge on any atom is 0.0639 e. The van der Waals surface area contributed by atoms with Gasteiger partial charge >= 0.3 is 0 Å². The molecule has 0 radical (unpaired) electrons. The average molecular weight is 279 g/mol. The SMILES string of the molecule is CC(C)(C)C1CCC(CN)(C(O)C2CC=CCC2)CC1. The van der Waals surface area contributed by atoms with Gasteiger partial charge in [0.05, 0.1) is 6.10 Å². The van der Waals surface area contributed by atoms with E-state index in [0.29, 0.717) is 17.9 Å². The third-order valence-electron chi connectivity index (χ3n) is 6.00. The molecule has 3 N–H and O–H groups in total. The number of hydrogen-bond donors (Lipinski definition) is 2. The van der Waals surface area contributed by atoms with Gasteiger partial charge in [-0.05, 0) is 62.2 Å². The van der Waals surface area contributed by atoms with E-state index in [-0.39, 0.29) is 11.5 Å². The first-order valence-corrected chi connectivity index (χ1v) is 8.42. The van der Waals surface area contributed by atoms with E-state index in [4.69, 9.17) is 5.73 Å². The molecule has 0 bridgehead atoms.